The first-order valence-corrected chi connectivity index (χ1v) is 10.8. The molecule has 0 bridgehead atoms. The number of nitrogens with one attached hydrogen (secondary N) is 3. The van der Waals surface area contributed by atoms with Crippen LogP contribution in [-0.2, 0) is 13.0 Å². The van der Waals surface area contributed by atoms with Gasteiger partial charge in [-0.05, 0) is 35.4 Å². The van der Waals surface area contributed by atoms with Crippen molar-refractivity contribution in [2.75, 3.05) is 18.9 Å². The van der Waals surface area contributed by atoms with E-state index in [1.165, 1.54) is 15.3 Å². The summed E-state index contributed by atoms with van der Waals surface area (Å²) in [6.07, 6.45) is 0.558. The number of carbonyl (C=O) groups excluding carboxylic acids is 2. The summed E-state index contributed by atoms with van der Waals surface area (Å²) < 4.78 is 5.53. The Morgan fingerprint density at radius 1 is 1.13 bits per heavy atom. The summed E-state index contributed by atoms with van der Waals surface area (Å²) in [4.78, 5) is 28.0. The van der Waals surface area contributed by atoms with Crippen molar-refractivity contribution in [3.63, 3.8) is 0 Å². The summed E-state index contributed by atoms with van der Waals surface area (Å²) in [5.74, 6) is -0.00962. The second kappa shape index (κ2) is 7.59. The van der Waals surface area contributed by atoms with Crippen LogP contribution in [0.2, 0.25) is 0 Å². The molecule has 0 fully saturated rings. The fourth-order valence-corrected chi connectivity index (χ4v) is 5.38. The molecular formula is C23H22N3O3S+. The van der Waals surface area contributed by atoms with Crippen molar-refractivity contribution in [1.82, 2.24) is 5.32 Å². The molecular weight excluding hydrogens is 398 g/mol. The van der Waals surface area contributed by atoms with Gasteiger partial charge in [-0.2, -0.15) is 0 Å². The van der Waals surface area contributed by atoms with Gasteiger partial charge in [0.1, 0.15) is 23.5 Å². The highest BCUT2D eigenvalue weighted by Gasteiger charge is 2.34. The summed E-state index contributed by atoms with van der Waals surface area (Å²) in [5.41, 5.74) is 3.31. The van der Waals surface area contributed by atoms with E-state index in [9.17, 15) is 9.59 Å². The van der Waals surface area contributed by atoms with Crippen molar-refractivity contribution in [2.45, 2.75) is 19.1 Å². The van der Waals surface area contributed by atoms with E-state index in [0.717, 1.165) is 35.6 Å². The highest BCUT2D eigenvalue weighted by Crippen LogP contribution is 2.39. The zero-order valence-electron chi connectivity index (χ0n) is 16.5. The van der Waals surface area contributed by atoms with Gasteiger partial charge in [0.05, 0.1) is 29.6 Å². The van der Waals surface area contributed by atoms with E-state index in [1.54, 1.807) is 47.7 Å². The summed E-state index contributed by atoms with van der Waals surface area (Å²) in [6.45, 7) is 2.00. The fourth-order valence-electron chi connectivity index (χ4n) is 4.00. The molecule has 6 nitrogen and oxygen atoms in total. The molecule has 1 aromatic heterocycles. The van der Waals surface area contributed by atoms with Crippen LogP contribution in [-0.4, -0.2) is 25.5 Å². The predicted molar refractivity (Wildman–Crippen MR) is 115 cm³/mol. The molecule has 2 aliphatic rings. The van der Waals surface area contributed by atoms with Gasteiger partial charge < -0.3 is 20.3 Å². The minimum Gasteiger partial charge on any atom is -0.423 e. The van der Waals surface area contributed by atoms with E-state index < -0.39 is 5.97 Å². The van der Waals surface area contributed by atoms with Gasteiger partial charge in [-0.15, -0.1) is 11.3 Å². The van der Waals surface area contributed by atoms with E-state index in [2.05, 4.69) is 17.7 Å². The number of likely N-dealkylation sites (N-methyl/N-ethyl adjacent to an activating group) is 1. The molecule has 0 saturated heterocycles. The van der Waals surface area contributed by atoms with Gasteiger partial charge in [-0.1, -0.05) is 30.3 Å². The lowest BCUT2D eigenvalue weighted by atomic mass is 10.0. The van der Waals surface area contributed by atoms with E-state index in [0.29, 0.717) is 11.3 Å². The minimum atomic E-state index is -0.409. The molecule has 3 aromatic rings. The van der Waals surface area contributed by atoms with Crippen LogP contribution in [0.3, 0.4) is 0 Å². The van der Waals surface area contributed by atoms with Crippen molar-refractivity contribution in [2.24, 2.45) is 0 Å². The number of hydrogen-bond acceptors (Lipinski definition) is 5. The van der Waals surface area contributed by atoms with Crippen LogP contribution in [0.15, 0.2) is 54.6 Å². The Morgan fingerprint density at radius 3 is 2.80 bits per heavy atom. The number of rotatable bonds is 3. The topological polar surface area (TPSA) is 71.9 Å². The lowest BCUT2D eigenvalue weighted by Gasteiger charge is -2.27. The molecule has 1 amide bonds. The van der Waals surface area contributed by atoms with Crippen molar-refractivity contribution in [3.05, 3.63) is 81.7 Å². The van der Waals surface area contributed by atoms with Crippen LogP contribution >= 0.6 is 11.3 Å². The Morgan fingerprint density at radius 2 is 1.97 bits per heavy atom. The number of esters is 1. The second-order valence-electron chi connectivity index (χ2n) is 7.72. The maximum Gasteiger partial charge on any atom is 0.343 e. The molecule has 0 aliphatic carbocycles. The third-order valence-electron chi connectivity index (χ3n) is 5.54. The van der Waals surface area contributed by atoms with Crippen LogP contribution in [0.5, 0.6) is 5.75 Å². The number of amides is 1. The van der Waals surface area contributed by atoms with E-state index in [4.69, 9.17) is 4.74 Å². The first-order valence-electron chi connectivity index (χ1n) is 9.99. The Hall–Kier alpha value is -3.16. The number of thiophene rings is 1. The molecule has 30 heavy (non-hydrogen) atoms. The zero-order chi connectivity index (χ0) is 20.7. The molecule has 0 radical (unpaired) electrons. The van der Waals surface area contributed by atoms with Crippen molar-refractivity contribution in [3.8, 4) is 5.75 Å². The number of quaternary nitrogens is 1. The van der Waals surface area contributed by atoms with Crippen LogP contribution in [0, 0.1) is 0 Å². The average Bonchev–Trinajstić information content (AvgIpc) is 3.12. The largest absolute Gasteiger partial charge is 0.423 e. The molecule has 0 saturated carbocycles. The third kappa shape index (κ3) is 3.46. The maximum atomic E-state index is 12.9. The number of hydrogen-bond donors (Lipinski definition) is 3. The molecule has 3 heterocycles. The maximum absolute atomic E-state index is 12.9. The van der Waals surface area contributed by atoms with Gasteiger partial charge in [0.25, 0.3) is 5.91 Å². The molecule has 3 N–H and O–H groups in total. The van der Waals surface area contributed by atoms with Gasteiger partial charge in [-0.25, -0.2) is 4.79 Å². The Bertz CT molecular complexity index is 1130. The van der Waals surface area contributed by atoms with Gasteiger partial charge in [0, 0.05) is 6.42 Å². The summed E-state index contributed by atoms with van der Waals surface area (Å²) >= 11 is 1.68. The van der Waals surface area contributed by atoms with Crippen molar-refractivity contribution in [1.29, 1.82) is 0 Å². The van der Waals surface area contributed by atoms with Crippen LogP contribution in [0.1, 0.15) is 42.9 Å². The molecule has 1 unspecified atom stereocenters. The molecule has 2 aromatic carbocycles. The van der Waals surface area contributed by atoms with E-state index in [1.807, 2.05) is 18.2 Å². The number of anilines is 1. The standard InChI is InChI=1S/C23H21N3O3S/c1-26-11-10-17-18(13-26)30-22-19(17)21(27)24-20(25-22)15-8-5-9-16(12-15)29-23(28)14-6-3-2-4-7-14/h2-9,12,20,25H,10-11,13H2,1H3,(H,24,27)/p+1/t20-/m0/s1. The number of ether oxygens (including phenoxy) is 1. The van der Waals surface area contributed by atoms with Crippen molar-refractivity contribution >= 4 is 28.2 Å². The fraction of sp³-hybridized carbons (Fsp3) is 0.217. The van der Waals surface area contributed by atoms with Gasteiger partial charge >= 0.3 is 5.97 Å². The average molecular weight is 421 g/mol. The molecule has 2 atom stereocenters. The normalized spacial score (nSPS) is 19.8. The van der Waals surface area contributed by atoms with Gasteiger partial charge in [0.15, 0.2) is 0 Å². The van der Waals surface area contributed by atoms with E-state index >= 15 is 0 Å². The summed E-state index contributed by atoms with van der Waals surface area (Å²) in [5, 5.41) is 7.45. The number of benzene rings is 2. The second-order valence-corrected chi connectivity index (χ2v) is 8.83. The van der Waals surface area contributed by atoms with E-state index in [-0.39, 0.29) is 12.1 Å². The third-order valence-corrected chi connectivity index (χ3v) is 6.71. The van der Waals surface area contributed by atoms with Gasteiger partial charge in [0.2, 0.25) is 0 Å². The van der Waals surface area contributed by atoms with Crippen LogP contribution in [0.25, 0.3) is 0 Å². The Labute approximate surface area is 178 Å². The highest BCUT2D eigenvalue weighted by atomic mass is 32.1. The lowest BCUT2D eigenvalue weighted by molar-refractivity contribution is -0.895. The first kappa shape index (κ1) is 18.8. The Balaban J connectivity index is 1.38. The first-order chi connectivity index (χ1) is 14.6. The summed E-state index contributed by atoms with van der Waals surface area (Å²) in [6, 6.07) is 16.1. The predicted octanol–water partition coefficient (Wildman–Crippen LogP) is 2.39. The quantitative estimate of drug-likeness (QED) is 0.450. The SMILES string of the molecule is C[NH+]1CCc2c(sc3c2C(=O)N[C@H](c2cccc(OC(=O)c4ccccc4)c2)N3)C1. The van der Waals surface area contributed by atoms with Crippen molar-refractivity contribution < 1.29 is 19.2 Å². The monoisotopic (exact) mass is 420 g/mol. The highest BCUT2D eigenvalue weighted by molar-refractivity contribution is 7.16. The lowest BCUT2D eigenvalue weighted by Crippen LogP contribution is -3.08. The Kier molecular flexibility index (Phi) is 4.77. The molecule has 0 spiro atoms. The molecule has 7 heteroatoms. The molecule has 2 aliphatic heterocycles. The minimum absolute atomic E-state index is 0.0440. The smallest absolute Gasteiger partial charge is 0.343 e. The molecule has 5 rings (SSSR count). The number of fused-ring (bicyclic) bond motifs is 3. The molecule has 152 valence electrons. The van der Waals surface area contributed by atoms with Gasteiger partial charge in [-0.3, -0.25) is 4.79 Å². The van der Waals surface area contributed by atoms with Crippen LogP contribution < -0.4 is 20.3 Å². The number of carbonyl (C=O) groups is 2. The summed E-state index contributed by atoms with van der Waals surface area (Å²) in [7, 11) is 2.18. The zero-order valence-corrected chi connectivity index (χ0v) is 17.3. The van der Waals surface area contributed by atoms with Crippen LogP contribution in [0.4, 0.5) is 5.00 Å².